The molecule has 1 saturated heterocycles. The van der Waals surface area contributed by atoms with E-state index in [0.29, 0.717) is 0 Å². The molecule has 1 aliphatic carbocycles. The lowest BCUT2D eigenvalue weighted by atomic mass is 9.90. The van der Waals surface area contributed by atoms with Crippen LogP contribution in [-0.4, -0.2) is 66.8 Å². The number of aliphatic carboxylic acids is 1. The van der Waals surface area contributed by atoms with Crippen molar-refractivity contribution in [3.8, 4) is 0 Å². The van der Waals surface area contributed by atoms with Crippen LogP contribution in [0, 0.1) is 0 Å². The van der Waals surface area contributed by atoms with Crippen molar-refractivity contribution in [3.63, 3.8) is 0 Å². The summed E-state index contributed by atoms with van der Waals surface area (Å²) in [4.78, 5) is 27.7. The Bertz CT molecular complexity index is 730. The van der Waals surface area contributed by atoms with E-state index in [2.05, 4.69) is 28.8 Å². The van der Waals surface area contributed by atoms with E-state index in [1.807, 2.05) is 9.80 Å². The fraction of sp³-hybridized carbons (Fsp3) is 0.619. The number of fused-ring (bicyclic) bond motifs is 1. The molecule has 1 saturated carbocycles. The minimum atomic E-state index is -0.816. The molecule has 1 aromatic rings. The molecule has 2 heterocycles. The predicted octanol–water partition coefficient (Wildman–Crippen LogP) is 1.60. The molecule has 152 valence electrons. The summed E-state index contributed by atoms with van der Waals surface area (Å²) in [5.41, 5.74) is 3.77. The van der Waals surface area contributed by atoms with Crippen molar-refractivity contribution in [2.75, 3.05) is 37.6 Å². The lowest BCUT2D eigenvalue weighted by molar-refractivity contribution is -0.136. The number of benzene rings is 1. The first-order chi connectivity index (χ1) is 13.6. The largest absolute Gasteiger partial charge is 0.480 e. The average Bonchev–Trinajstić information content (AvgIpc) is 2.93. The molecule has 3 N–H and O–H groups in total. The second-order valence-corrected chi connectivity index (χ2v) is 8.11. The van der Waals surface area contributed by atoms with Gasteiger partial charge in [0, 0.05) is 30.9 Å². The first kappa shape index (κ1) is 19.2. The SMILES string of the molecule is O=C(O)CNC1CCC(N2CCN(c3ccc4c(c3)CCNCC4)C2=O)CC1. The first-order valence-electron chi connectivity index (χ1n) is 10.5. The fourth-order valence-electron chi connectivity index (χ4n) is 4.78. The van der Waals surface area contributed by atoms with Crippen LogP contribution in [0.25, 0.3) is 0 Å². The van der Waals surface area contributed by atoms with Gasteiger partial charge in [-0.3, -0.25) is 9.69 Å². The summed E-state index contributed by atoms with van der Waals surface area (Å²) in [6.07, 6.45) is 5.79. The Labute approximate surface area is 166 Å². The average molecular weight is 386 g/mol. The summed E-state index contributed by atoms with van der Waals surface area (Å²) in [7, 11) is 0. The third-order valence-electron chi connectivity index (χ3n) is 6.36. The van der Waals surface area contributed by atoms with Gasteiger partial charge in [-0.05, 0) is 74.9 Å². The van der Waals surface area contributed by atoms with Gasteiger partial charge in [0.25, 0.3) is 0 Å². The molecule has 2 fully saturated rings. The number of anilines is 1. The van der Waals surface area contributed by atoms with Gasteiger partial charge in [0.1, 0.15) is 0 Å². The number of amides is 2. The van der Waals surface area contributed by atoms with Gasteiger partial charge in [0.2, 0.25) is 0 Å². The van der Waals surface area contributed by atoms with E-state index in [1.165, 1.54) is 11.1 Å². The number of carboxylic acids is 1. The number of carboxylic acid groups (broad SMARTS) is 1. The second-order valence-electron chi connectivity index (χ2n) is 8.11. The number of hydrogen-bond acceptors (Lipinski definition) is 4. The first-order valence-corrected chi connectivity index (χ1v) is 10.5. The van der Waals surface area contributed by atoms with Crippen LogP contribution >= 0.6 is 0 Å². The number of urea groups is 1. The van der Waals surface area contributed by atoms with Gasteiger partial charge in [-0.15, -0.1) is 0 Å². The van der Waals surface area contributed by atoms with Crippen molar-refractivity contribution >= 4 is 17.7 Å². The van der Waals surface area contributed by atoms with E-state index >= 15 is 0 Å². The summed E-state index contributed by atoms with van der Waals surface area (Å²) in [5, 5.41) is 15.3. The van der Waals surface area contributed by atoms with E-state index in [0.717, 1.165) is 70.4 Å². The van der Waals surface area contributed by atoms with Gasteiger partial charge in [-0.2, -0.15) is 0 Å². The maximum atomic E-state index is 13.1. The summed E-state index contributed by atoms with van der Waals surface area (Å²) < 4.78 is 0. The van der Waals surface area contributed by atoms with Crippen LogP contribution in [0.15, 0.2) is 18.2 Å². The Morgan fingerprint density at radius 2 is 1.86 bits per heavy atom. The summed E-state index contributed by atoms with van der Waals surface area (Å²) in [6, 6.07) is 7.13. The quantitative estimate of drug-likeness (QED) is 0.716. The summed E-state index contributed by atoms with van der Waals surface area (Å²) in [6.45, 7) is 3.55. The Hall–Kier alpha value is -2.12. The zero-order valence-corrected chi connectivity index (χ0v) is 16.3. The molecule has 4 rings (SSSR count). The van der Waals surface area contributed by atoms with Crippen molar-refractivity contribution < 1.29 is 14.7 Å². The Morgan fingerprint density at radius 3 is 2.61 bits per heavy atom. The normalized spacial score (nSPS) is 25.5. The third-order valence-corrected chi connectivity index (χ3v) is 6.36. The van der Waals surface area contributed by atoms with Gasteiger partial charge in [-0.25, -0.2) is 4.79 Å². The van der Waals surface area contributed by atoms with Crippen LogP contribution in [0.1, 0.15) is 36.8 Å². The van der Waals surface area contributed by atoms with Gasteiger partial charge in [0.15, 0.2) is 0 Å². The molecule has 0 spiro atoms. The molecule has 0 radical (unpaired) electrons. The van der Waals surface area contributed by atoms with E-state index in [1.54, 1.807) is 0 Å². The van der Waals surface area contributed by atoms with Crippen LogP contribution in [0.2, 0.25) is 0 Å². The van der Waals surface area contributed by atoms with Crippen LogP contribution in [0.4, 0.5) is 10.5 Å². The van der Waals surface area contributed by atoms with Crippen molar-refractivity contribution in [1.29, 1.82) is 0 Å². The van der Waals surface area contributed by atoms with Gasteiger partial charge >= 0.3 is 12.0 Å². The van der Waals surface area contributed by atoms with E-state index in [-0.39, 0.29) is 24.7 Å². The minimum absolute atomic E-state index is 0.0135. The number of rotatable bonds is 5. The molecule has 7 nitrogen and oxygen atoms in total. The van der Waals surface area contributed by atoms with Gasteiger partial charge < -0.3 is 20.6 Å². The molecule has 28 heavy (non-hydrogen) atoms. The number of hydrogen-bond donors (Lipinski definition) is 3. The highest BCUT2D eigenvalue weighted by Crippen LogP contribution is 2.30. The highest BCUT2D eigenvalue weighted by atomic mass is 16.4. The standard InChI is InChI=1S/C21H30N4O3/c26-20(27)14-23-17-2-5-18(6-3-17)24-11-12-25(21(24)28)19-4-1-15-7-9-22-10-8-16(15)13-19/h1,4,13,17-18,22-23H,2-3,5-12,14H2,(H,26,27). The van der Waals surface area contributed by atoms with E-state index in [4.69, 9.17) is 5.11 Å². The monoisotopic (exact) mass is 386 g/mol. The van der Waals surface area contributed by atoms with Crippen molar-refractivity contribution in [2.24, 2.45) is 0 Å². The van der Waals surface area contributed by atoms with Crippen LogP contribution < -0.4 is 15.5 Å². The van der Waals surface area contributed by atoms with Crippen LogP contribution in [0.3, 0.4) is 0 Å². The molecule has 0 bridgehead atoms. The smallest absolute Gasteiger partial charge is 0.324 e. The lowest BCUT2D eigenvalue weighted by Crippen LogP contribution is -2.45. The zero-order valence-electron chi connectivity index (χ0n) is 16.3. The summed E-state index contributed by atoms with van der Waals surface area (Å²) >= 11 is 0. The number of nitrogens with one attached hydrogen (secondary N) is 2. The zero-order chi connectivity index (χ0) is 19.5. The number of nitrogens with zero attached hydrogens (tertiary/aromatic N) is 2. The third kappa shape index (κ3) is 4.15. The molecule has 2 amide bonds. The Kier molecular flexibility index (Phi) is 5.82. The van der Waals surface area contributed by atoms with Crippen LogP contribution in [-0.2, 0) is 17.6 Å². The highest BCUT2D eigenvalue weighted by Gasteiger charge is 2.36. The molecule has 7 heteroatoms. The number of carbonyl (C=O) groups excluding carboxylic acids is 1. The molecule has 3 aliphatic rings. The Balaban J connectivity index is 1.37. The topological polar surface area (TPSA) is 84.9 Å². The maximum absolute atomic E-state index is 13.1. The molecule has 0 unspecified atom stereocenters. The van der Waals surface area contributed by atoms with Crippen molar-refractivity contribution in [2.45, 2.75) is 50.6 Å². The minimum Gasteiger partial charge on any atom is -0.480 e. The molecule has 0 atom stereocenters. The van der Waals surface area contributed by atoms with E-state index in [9.17, 15) is 9.59 Å². The lowest BCUT2D eigenvalue weighted by Gasteiger charge is -2.34. The summed E-state index contributed by atoms with van der Waals surface area (Å²) in [5.74, 6) is -0.816. The van der Waals surface area contributed by atoms with E-state index < -0.39 is 5.97 Å². The van der Waals surface area contributed by atoms with Crippen molar-refractivity contribution in [3.05, 3.63) is 29.3 Å². The van der Waals surface area contributed by atoms with Gasteiger partial charge in [-0.1, -0.05) is 6.07 Å². The number of carbonyl (C=O) groups is 2. The van der Waals surface area contributed by atoms with Crippen LogP contribution in [0.5, 0.6) is 0 Å². The maximum Gasteiger partial charge on any atom is 0.324 e. The Morgan fingerprint density at radius 1 is 1.11 bits per heavy atom. The molecule has 0 aromatic heterocycles. The van der Waals surface area contributed by atoms with Gasteiger partial charge in [0.05, 0.1) is 6.54 Å². The second kappa shape index (κ2) is 8.49. The highest BCUT2D eigenvalue weighted by molar-refractivity contribution is 5.94. The fourth-order valence-corrected chi connectivity index (χ4v) is 4.78. The molecule has 1 aromatic carbocycles. The molecular weight excluding hydrogens is 356 g/mol. The molecule has 2 aliphatic heterocycles. The van der Waals surface area contributed by atoms with Crippen molar-refractivity contribution in [1.82, 2.24) is 15.5 Å². The predicted molar refractivity (Wildman–Crippen MR) is 108 cm³/mol. The molecular formula is C21H30N4O3.